The van der Waals surface area contributed by atoms with Gasteiger partial charge < -0.3 is 10.4 Å². The maximum absolute atomic E-state index is 10.9. The Labute approximate surface area is 116 Å². The highest BCUT2D eigenvalue weighted by atomic mass is 35.5. The van der Waals surface area contributed by atoms with Crippen LogP contribution in [0.2, 0.25) is 10.3 Å². The van der Waals surface area contributed by atoms with E-state index in [0.717, 1.165) is 0 Å². The summed E-state index contributed by atoms with van der Waals surface area (Å²) in [4.78, 5) is 10.9. The first-order chi connectivity index (χ1) is 8.20. The van der Waals surface area contributed by atoms with Crippen LogP contribution >= 0.6 is 23.2 Å². The quantitative estimate of drug-likeness (QED) is 0.892. The van der Waals surface area contributed by atoms with E-state index in [1.165, 1.54) is 6.07 Å². The van der Waals surface area contributed by atoms with E-state index in [-0.39, 0.29) is 28.2 Å². The average Bonchev–Trinajstić information content (AvgIpc) is 2.20. The maximum atomic E-state index is 10.9. The molecule has 0 aliphatic rings. The highest BCUT2D eigenvalue weighted by Crippen LogP contribution is 2.29. The summed E-state index contributed by atoms with van der Waals surface area (Å²) in [6, 6.07) is 1.23. The van der Waals surface area contributed by atoms with Crippen LogP contribution < -0.4 is 5.32 Å². The lowest BCUT2D eigenvalue weighted by atomic mass is 9.84. The van der Waals surface area contributed by atoms with Crippen molar-refractivity contribution in [3.05, 3.63) is 16.4 Å². The molecule has 1 heterocycles. The van der Waals surface area contributed by atoms with Gasteiger partial charge in [0.25, 0.3) is 0 Å². The van der Waals surface area contributed by atoms with Gasteiger partial charge in [-0.1, -0.05) is 44.0 Å². The van der Waals surface area contributed by atoms with Crippen LogP contribution in [-0.2, 0) is 4.79 Å². The molecule has 0 saturated heterocycles. The minimum Gasteiger partial charge on any atom is -0.481 e. The molecular formula is C11H15Cl2N3O2. The number of carboxylic acids is 1. The lowest BCUT2D eigenvalue weighted by Crippen LogP contribution is -2.36. The Morgan fingerprint density at radius 2 is 2.06 bits per heavy atom. The third-order valence-electron chi connectivity index (χ3n) is 2.47. The first-order valence-electron chi connectivity index (χ1n) is 5.37. The predicted molar refractivity (Wildman–Crippen MR) is 71.2 cm³/mol. The molecule has 100 valence electrons. The van der Waals surface area contributed by atoms with Crippen molar-refractivity contribution in [2.24, 2.45) is 5.41 Å². The molecule has 0 saturated carbocycles. The van der Waals surface area contributed by atoms with Crippen LogP contribution in [0.15, 0.2) is 6.07 Å². The van der Waals surface area contributed by atoms with Crippen molar-refractivity contribution in [1.82, 2.24) is 10.2 Å². The second-order valence-corrected chi connectivity index (χ2v) is 5.78. The number of hydrogen-bond acceptors (Lipinski definition) is 4. The summed E-state index contributed by atoms with van der Waals surface area (Å²) in [5.74, 6) is -0.883. The van der Waals surface area contributed by atoms with E-state index < -0.39 is 5.97 Å². The molecule has 18 heavy (non-hydrogen) atoms. The summed E-state index contributed by atoms with van der Waals surface area (Å²) >= 11 is 11.6. The van der Waals surface area contributed by atoms with Gasteiger partial charge in [0.05, 0.1) is 12.1 Å². The van der Waals surface area contributed by atoms with Crippen LogP contribution in [0, 0.1) is 5.41 Å². The smallest absolute Gasteiger partial charge is 0.305 e. The molecular weight excluding hydrogens is 277 g/mol. The zero-order valence-corrected chi connectivity index (χ0v) is 11.9. The average molecular weight is 292 g/mol. The fourth-order valence-corrected chi connectivity index (χ4v) is 1.68. The predicted octanol–water partition coefficient (Wildman–Crippen LogP) is 3.08. The summed E-state index contributed by atoms with van der Waals surface area (Å²) in [6.07, 6.45) is -0.0280. The van der Waals surface area contributed by atoms with Gasteiger partial charge in [0.15, 0.2) is 10.3 Å². The van der Waals surface area contributed by atoms with Crippen LogP contribution in [0.25, 0.3) is 0 Å². The summed E-state index contributed by atoms with van der Waals surface area (Å²) in [5, 5.41) is 19.6. The Kier molecular flexibility index (Phi) is 4.76. The van der Waals surface area contributed by atoms with Crippen molar-refractivity contribution in [3.8, 4) is 0 Å². The van der Waals surface area contributed by atoms with Gasteiger partial charge >= 0.3 is 5.97 Å². The Bertz CT molecular complexity index is 446. The molecule has 0 fully saturated rings. The van der Waals surface area contributed by atoms with E-state index >= 15 is 0 Å². The van der Waals surface area contributed by atoms with Crippen LogP contribution in [0.1, 0.15) is 27.2 Å². The number of halogens is 2. The summed E-state index contributed by atoms with van der Waals surface area (Å²) in [5.41, 5.74) is 0.232. The molecule has 7 heteroatoms. The van der Waals surface area contributed by atoms with E-state index in [4.69, 9.17) is 28.3 Å². The number of nitrogens with one attached hydrogen (secondary N) is 1. The zero-order valence-electron chi connectivity index (χ0n) is 10.4. The first-order valence-corrected chi connectivity index (χ1v) is 6.13. The lowest BCUT2D eigenvalue weighted by Gasteiger charge is -2.31. The molecule has 0 amide bonds. The molecule has 1 rings (SSSR count). The first kappa shape index (κ1) is 15.0. The van der Waals surface area contributed by atoms with Gasteiger partial charge in [-0.15, -0.1) is 10.2 Å². The Morgan fingerprint density at radius 3 is 2.56 bits per heavy atom. The molecule has 0 aliphatic heterocycles. The molecule has 0 bridgehead atoms. The monoisotopic (exact) mass is 291 g/mol. The SMILES string of the molecule is CC(C)(C)C(CC(=O)O)Nc1cc(Cl)nnc1Cl. The fourth-order valence-electron chi connectivity index (χ4n) is 1.39. The molecule has 1 aromatic heterocycles. The van der Waals surface area contributed by atoms with Crippen molar-refractivity contribution in [2.45, 2.75) is 33.2 Å². The van der Waals surface area contributed by atoms with Crippen molar-refractivity contribution in [3.63, 3.8) is 0 Å². The van der Waals surface area contributed by atoms with Gasteiger partial charge in [-0.2, -0.15) is 0 Å². The minimum absolute atomic E-state index is 0.0280. The Balaban J connectivity index is 2.96. The topological polar surface area (TPSA) is 75.1 Å². The number of aliphatic carboxylic acids is 1. The van der Waals surface area contributed by atoms with Crippen LogP contribution in [0.5, 0.6) is 0 Å². The van der Waals surface area contributed by atoms with Gasteiger partial charge in [-0.3, -0.25) is 4.79 Å². The fraction of sp³-hybridized carbons (Fsp3) is 0.545. The highest BCUT2D eigenvalue weighted by molar-refractivity contribution is 6.33. The second kappa shape index (κ2) is 5.71. The number of carboxylic acid groups (broad SMARTS) is 1. The molecule has 0 aliphatic carbocycles. The normalized spacial score (nSPS) is 13.2. The zero-order chi connectivity index (χ0) is 13.9. The van der Waals surface area contributed by atoms with Crippen LogP contribution in [0.3, 0.4) is 0 Å². The van der Waals surface area contributed by atoms with Crippen molar-refractivity contribution in [1.29, 1.82) is 0 Å². The standard InChI is InChI=1S/C11H15Cl2N3O2/c1-11(2,3)7(5-9(17)18)14-6-4-8(12)15-16-10(6)13/h4,7H,5H2,1-3H3,(H,14,15)(H,17,18). The number of anilines is 1. The molecule has 2 N–H and O–H groups in total. The van der Waals surface area contributed by atoms with Gasteiger partial charge in [0, 0.05) is 12.1 Å². The van der Waals surface area contributed by atoms with E-state index in [0.29, 0.717) is 5.69 Å². The molecule has 0 radical (unpaired) electrons. The summed E-state index contributed by atoms with van der Waals surface area (Å²) < 4.78 is 0. The number of rotatable bonds is 4. The van der Waals surface area contributed by atoms with Crippen LogP contribution in [0.4, 0.5) is 5.69 Å². The van der Waals surface area contributed by atoms with Crippen molar-refractivity contribution in [2.75, 3.05) is 5.32 Å². The van der Waals surface area contributed by atoms with E-state index in [9.17, 15) is 4.79 Å². The number of carbonyl (C=O) groups is 1. The molecule has 5 nitrogen and oxygen atoms in total. The second-order valence-electron chi connectivity index (χ2n) is 5.03. The van der Waals surface area contributed by atoms with Crippen molar-refractivity contribution < 1.29 is 9.90 Å². The molecule has 1 atom stereocenters. The largest absolute Gasteiger partial charge is 0.481 e. The molecule has 0 aromatic carbocycles. The lowest BCUT2D eigenvalue weighted by molar-refractivity contribution is -0.137. The minimum atomic E-state index is -0.883. The number of hydrogen-bond donors (Lipinski definition) is 2. The summed E-state index contributed by atoms with van der Waals surface area (Å²) in [6.45, 7) is 5.83. The molecule has 1 unspecified atom stereocenters. The van der Waals surface area contributed by atoms with Crippen molar-refractivity contribution >= 4 is 34.9 Å². The van der Waals surface area contributed by atoms with E-state index in [1.54, 1.807) is 0 Å². The van der Waals surface area contributed by atoms with Gasteiger partial charge in [-0.05, 0) is 5.41 Å². The van der Waals surface area contributed by atoms with E-state index in [1.807, 2.05) is 20.8 Å². The number of nitrogens with zero attached hydrogens (tertiary/aromatic N) is 2. The Hall–Kier alpha value is -1.07. The van der Waals surface area contributed by atoms with Gasteiger partial charge in [0.2, 0.25) is 0 Å². The van der Waals surface area contributed by atoms with Crippen LogP contribution in [-0.4, -0.2) is 27.3 Å². The highest BCUT2D eigenvalue weighted by Gasteiger charge is 2.27. The molecule has 1 aromatic rings. The summed E-state index contributed by atoms with van der Waals surface area (Å²) in [7, 11) is 0. The number of aromatic nitrogens is 2. The third-order valence-corrected chi connectivity index (χ3v) is 2.94. The third kappa shape index (κ3) is 4.31. The van der Waals surface area contributed by atoms with Gasteiger partial charge in [0.1, 0.15) is 0 Å². The molecule has 0 spiro atoms. The maximum Gasteiger partial charge on any atom is 0.305 e. The van der Waals surface area contributed by atoms with Gasteiger partial charge in [-0.25, -0.2) is 0 Å². The van der Waals surface area contributed by atoms with E-state index in [2.05, 4.69) is 15.5 Å². The Morgan fingerprint density at radius 1 is 1.44 bits per heavy atom.